The Morgan fingerprint density at radius 1 is 0.857 bits per heavy atom. The van der Waals surface area contributed by atoms with Crippen molar-refractivity contribution in [3.05, 3.63) is 59.7 Å². The standard InChI is InChI=1S/C19H23NO/c21-19-12-10-18(11-13-19)20-14-15-6-8-17(9-7-15)16-4-2-1-3-5-16/h6-13,16,20-21H,1-5,14H2. The maximum Gasteiger partial charge on any atom is 0.115 e. The highest BCUT2D eigenvalue weighted by Gasteiger charge is 2.14. The lowest BCUT2D eigenvalue weighted by molar-refractivity contribution is 0.443. The minimum atomic E-state index is 0.303. The van der Waals surface area contributed by atoms with Crippen LogP contribution in [0.3, 0.4) is 0 Å². The van der Waals surface area contributed by atoms with Crippen molar-refractivity contribution in [3.63, 3.8) is 0 Å². The maximum atomic E-state index is 9.27. The first kappa shape index (κ1) is 14.0. The van der Waals surface area contributed by atoms with E-state index in [1.165, 1.54) is 43.2 Å². The third-order valence-corrected chi connectivity index (χ3v) is 4.42. The molecule has 0 bridgehead atoms. The largest absolute Gasteiger partial charge is 0.508 e. The van der Waals surface area contributed by atoms with Gasteiger partial charge in [-0.3, -0.25) is 0 Å². The van der Waals surface area contributed by atoms with Crippen LogP contribution in [0.2, 0.25) is 0 Å². The third-order valence-electron chi connectivity index (χ3n) is 4.42. The second kappa shape index (κ2) is 6.66. The molecule has 1 aliphatic rings. The fourth-order valence-corrected chi connectivity index (χ4v) is 3.13. The van der Waals surface area contributed by atoms with Crippen LogP contribution in [0, 0.1) is 0 Å². The van der Waals surface area contributed by atoms with E-state index in [1.54, 1.807) is 12.1 Å². The van der Waals surface area contributed by atoms with Crippen molar-refractivity contribution in [2.24, 2.45) is 0 Å². The lowest BCUT2D eigenvalue weighted by Gasteiger charge is -2.22. The molecule has 2 aromatic rings. The molecule has 0 atom stereocenters. The Kier molecular flexibility index (Phi) is 4.44. The van der Waals surface area contributed by atoms with Crippen molar-refractivity contribution in [3.8, 4) is 5.75 Å². The first-order valence-corrected chi connectivity index (χ1v) is 7.93. The molecule has 3 rings (SSSR count). The van der Waals surface area contributed by atoms with Gasteiger partial charge in [-0.15, -0.1) is 0 Å². The maximum absolute atomic E-state index is 9.27. The van der Waals surface area contributed by atoms with Gasteiger partial charge < -0.3 is 10.4 Å². The number of aromatic hydroxyl groups is 1. The molecule has 0 radical (unpaired) electrons. The predicted molar refractivity (Wildman–Crippen MR) is 87.7 cm³/mol. The average Bonchev–Trinajstić information content (AvgIpc) is 2.56. The highest BCUT2D eigenvalue weighted by atomic mass is 16.3. The monoisotopic (exact) mass is 281 g/mol. The van der Waals surface area contributed by atoms with E-state index < -0.39 is 0 Å². The van der Waals surface area contributed by atoms with Crippen LogP contribution in [-0.2, 0) is 6.54 Å². The number of rotatable bonds is 4. The number of hydrogen-bond donors (Lipinski definition) is 2. The van der Waals surface area contributed by atoms with Gasteiger partial charge in [0.25, 0.3) is 0 Å². The molecule has 0 aliphatic heterocycles. The highest BCUT2D eigenvalue weighted by molar-refractivity contribution is 5.46. The molecule has 2 nitrogen and oxygen atoms in total. The van der Waals surface area contributed by atoms with Crippen molar-refractivity contribution < 1.29 is 5.11 Å². The Morgan fingerprint density at radius 2 is 1.52 bits per heavy atom. The zero-order valence-corrected chi connectivity index (χ0v) is 12.4. The molecule has 0 aromatic heterocycles. The molecule has 2 aromatic carbocycles. The van der Waals surface area contributed by atoms with Crippen molar-refractivity contribution in [1.29, 1.82) is 0 Å². The number of benzene rings is 2. The molecule has 0 amide bonds. The predicted octanol–water partition coefficient (Wildman–Crippen LogP) is 5.05. The first-order chi connectivity index (χ1) is 10.3. The van der Waals surface area contributed by atoms with Gasteiger partial charge in [0.2, 0.25) is 0 Å². The molecule has 1 saturated carbocycles. The normalized spacial score (nSPS) is 15.8. The van der Waals surface area contributed by atoms with E-state index in [4.69, 9.17) is 0 Å². The van der Waals surface area contributed by atoms with Crippen LogP contribution in [0.25, 0.3) is 0 Å². The Bertz CT molecular complexity index is 553. The zero-order valence-electron chi connectivity index (χ0n) is 12.4. The van der Waals surface area contributed by atoms with E-state index in [0.717, 1.165) is 18.2 Å². The molecule has 0 heterocycles. The quantitative estimate of drug-likeness (QED) is 0.768. The fourth-order valence-electron chi connectivity index (χ4n) is 3.13. The van der Waals surface area contributed by atoms with Crippen LogP contribution in [0.4, 0.5) is 5.69 Å². The topological polar surface area (TPSA) is 32.3 Å². The summed E-state index contributed by atoms with van der Waals surface area (Å²) in [5.74, 6) is 1.08. The Labute approximate surface area is 126 Å². The lowest BCUT2D eigenvalue weighted by Crippen LogP contribution is -2.05. The van der Waals surface area contributed by atoms with E-state index in [1.807, 2.05) is 12.1 Å². The second-order valence-corrected chi connectivity index (χ2v) is 5.98. The van der Waals surface area contributed by atoms with Gasteiger partial charge in [-0.1, -0.05) is 43.5 Å². The van der Waals surface area contributed by atoms with Gasteiger partial charge in [0, 0.05) is 12.2 Å². The van der Waals surface area contributed by atoms with Gasteiger partial charge in [0.15, 0.2) is 0 Å². The fraction of sp³-hybridized carbons (Fsp3) is 0.368. The van der Waals surface area contributed by atoms with E-state index >= 15 is 0 Å². The van der Waals surface area contributed by atoms with Crippen LogP contribution in [0.5, 0.6) is 5.75 Å². The summed E-state index contributed by atoms with van der Waals surface area (Å²) in [4.78, 5) is 0. The summed E-state index contributed by atoms with van der Waals surface area (Å²) in [5, 5.41) is 12.6. The van der Waals surface area contributed by atoms with E-state index in [-0.39, 0.29) is 0 Å². The summed E-state index contributed by atoms with van der Waals surface area (Å²) in [6.45, 7) is 0.815. The summed E-state index contributed by atoms with van der Waals surface area (Å²) >= 11 is 0. The third kappa shape index (κ3) is 3.78. The molecule has 1 fully saturated rings. The van der Waals surface area contributed by atoms with Crippen LogP contribution in [0.1, 0.15) is 49.1 Å². The molecule has 2 N–H and O–H groups in total. The number of nitrogens with one attached hydrogen (secondary N) is 1. The second-order valence-electron chi connectivity index (χ2n) is 5.98. The average molecular weight is 281 g/mol. The highest BCUT2D eigenvalue weighted by Crippen LogP contribution is 2.32. The van der Waals surface area contributed by atoms with Crippen molar-refractivity contribution in [1.82, 2.24) is 0 Å². The smallest absolute Gasteiger partial charge is 0.115 e. The lowest BCUT2D eigenvalue weighted by atomic mass is 9.84. The summed E-state index contributed by atoms with van der Waals surface area (Å²) in [6.07, 6.45) is 6.88. The van der Waals surface area contributed by atoms with Crippen molar-refractivity contribution in [2.45, 2.75) is 44.6 Å². The molecule has 110 valence electrons. The summed E-state index contributed by atoms with van der Waals surface area (Å²) < 4.78 is 0. The first-order valence-electron chi connectivity index (χ1n) is 7.93. The van der Waals surface area contributed by atoms with E-state index in [0.29, 0.717) is 5.75 Å². The molecule has 0 spiro atoms. The Morgan fingerprint density at radius 3 is 2.19 bits per heavy atom. The molecular weight excluding hydrogens is 258 g/mol. The van der Waals surface area contributed by atoms with Crippen molar-refractivity contribution >= 4 is 5.69 Å². The zero-order chi connectivity index (χ0) is 14.5. The Balaban J connectivity index is 1.57. The summed E-state index contributed by atoms with van der Waals surface area (Å²) in [6, 6.07) is 16.3. The Hall–Kier alpha value is -1.96. The van der Waals surface area contributed by atoms with Crippen LogP contribution < -0.4 is 5.32 Å². The minimum Gasteiger partial charge on any atom is -0.508 e. The molecule has 0 saturated heterocycles. The minimum absolute atomic E-state index is 0.303. The van der Waals surface area contributed by atoms with E-state index in [2.05, 4.69) is 29.6 Å². The van der Waals surface area contributed by atoms with Crippen molar-refractivity contribution in [2.75, 3.05) is 5.32 Å². The SMILES string of the molecule is Oc1ccc(NCc2ccc(C3CCCCC3)cc2)cc1. The van der Waals surface area contributed by atoms with Gasteiger partial charge in [-0.2, -0.15) is 0 Å². The molecule has 21 heavy (non-hydrogen) atoms. The van der Waals surface area contributed by atoms with Gasteiger partial charge in [0.1, 0.15) is 5.75 Å². The van der Waals surface area contributed by atoms with Crippen LogP contribution in [-0.4, -0.2) is 5.11 Å². The summed E-state index contributed by atoms with van der Waals surface area (Å²) in [5.41, 5.74) is 3.83. The molecular formula is C19H23NO. The molecule has 1 aliphatic carbocycles. The number of hydrogen-bond acceptors (Lipinski definition) is 2. The molecule has 2 heteroatoms. The van der Waals surface area contributed by atoms with Gasteiger partial charge >= 0.3 is 0 Å². The number of phenols is 1. The van der Waals surface area contributed by atoms with E-state index in [9.17, 15) is 5.11 Å². The molecule has 0 unspecified atom stereocenters. The van der Waals surface area contributed by atoms with Gasteiger partial charge in [0.05, 0.1) is 0 Å². The van der Waals surface area contributed by atoms with Crippen LogP contribution >= 0.6 is 0 Å². The van der Waals surface area contributed by atoms with Gasteiger partial charge in [-0.25, -0.2) is 0 Å². The summed E-state index contributed by atoms with van der Waals surface area (Å²) in [7, 11) is 0. The number of phenolic OH excluding ortho intramolecular Hbond substituents is 1. The van der Waals surface area contributed by atoms with Gasteiger partial charge in [-0.05, 0) is 54.2 Å². The number of anilines is 1. The van der Waals surface area contributed by atoms with Crippen LogP contribution in [0.15, 0.2) is 48.5 Å².